The Balaban J connectivity index is 1.55. The lowest BCUT2D eigenvalue weighted by Crippen LogP contribution is -2.36. The van der Waals surface area contributed by atoms with Crippen LogP contribution in [-0.4, -0.2) is 28.8 Å². The largest absolute Gasteiger partial charge is 0.484 e. The van der Waals surface area contributed by atoms with E-state index in [9.17, 15) is 4.79 Å². The Morgan fingerprint density at radius 3 is 3.00 bits per heavy atom. The highest BCUT2D eigenvalue weighted by molar-refractivity contribution is 5.77. The van der Waals surface area contributed by atoms with E-state index in [1.54, 1.807) is 12.1 Å². The van der Waals surface area contributed by atoms with Crippen LogP contribution >= 0.6 is 0 Å². The van der Waals surface area contributed by atoms with Gasteiger partial charge in [0.25, 0.3) is 5.91 Å². The van der Waals surface area contributed by atoms with Gasteiger partial charge in [0.2, 0.25) is 12.3 Å². The molecule has 3 rings (SSSR count). The highest BCUT2D eigenvalue weighted by atomic mass is 16.5. The standard InChI is InChI=1S/C15H17N3O3/c19-14(17-12-5-1-2-6-12)9-20-13-7-3-4-11(8-13)15-18-16-10-21-15/h3-4,7-8,10,12H,1-2,5-6,9H2,(H,17,19). The van der Waals surface area contributed by atoms with Crippen LogP contribution in [0, 0.1) is 0 Å². The highest BCUT2D eigenvalue weighted by Crippen LogP contribution is 2.22. The second-order valence-corrected chi connectivity index (χ2v) is 5.11. The van der Waals surface area contributed by atoms with E-state index in [-0.39, 0.29) is 12.5 Å². The molecule has 1 heterocycles. The Bertz CT molecular complexity index is 592. The number of amides is 1. The number of nitrogens with one attached hydrogen (secondary N) is 1. The lowest BCUT2D eigenvalue weighted by Gasteiger charge is -2.12. The molecule has 110 valence electrons. The van der Waals surface area contributed by atoms with Gasteiger partial charge in [0.1, 0.15) is 5.75 Å². The van der Waals surface area contributed by atoms with Crippen molar-refractivity contribution in [3.8, 4) is 17.2 Å². The van der Waals surface area contributed by atoms with Crippen molar-refractivity contribution in [2.75, 3.05) is 6.61 Å². The predicted molar refractivity (Wildman–Crippen MR) is 75.6 cm³/mol. The second-order valence-electron chi connectivity index (χ2n) is 5.11. The molecule has 1 aliphatic carbocycles. The molecule has 1 amide bonds. The molecule has 6 heteroatoms. The molecule has 1 aromatic heterocycles. The fourth-order valence-corrected chi connectivity index (χ4v) is 2.51. The lowest BCUT2D eigenvalue weighted by molar-refractivity contribution is -0.123. The first-order chi connectivity index (χ1) is 10.3. The van der Waals surface area contributed by atoms with Gasteiger partial charge in [-0.1, -0.05) is 18.9 Å². The van der Waals surface area contributed by atoms with E-state index in [4.69, 9.17) is 9.15 Å². The first-order valence-electron chi connectivity index (χ1n) is 7.10. The molecule has 0 spiro atoms. The minimum atomic E-state index is -0.0786. The van der Waals surface area contributed by atoms with Gasteiger partial charge in [-0.05, 0) is 31.0 Å². The molecule has 6 nitrogen and oxygen atoms in total. The van der Waals surface area contributed by atoms with Crippen molar-refractivity contribution in [1.29, 1.82) is 0 Å². The van der Waals surface area contributed by atoms with Gasteiger partial charge in [-0.3, -0.25) is 4.79 Å². The number of carbonyl (C=O) groups excluding carboxylic acids is 1. The van der Waals surface area contributed by atoms with Crippen LogP contribution in [0.1, 0.15) is 25.7 Å². The van der Waals surface area contributed by atoms with Crippen LogP contribution in [0.25, 0.3) is 11.5 Å². The molecule has 21 heavy (non-hydrogen) atoms. The minimum Gasteiger partial charge on any atom is -0.484 e. The van der Waals surface area contributed by atoms with Crippen LogP contribution in [0.3, 0.4) is 0 Å². The molecule has 1 fully saturated rings. The van der Waals surface area contributed by atoms with Gasteiger partial charge in [0.05, 0.1) is 0 Å². The normalized spacial score (nSPS) is 15.0. The maximum atomic E-state index is 11.8. The van der Waals surface area contributed by atoms with Crippen molar-refractivity contribution in [3.05, 3.63) is 30.7 Å². The molecule has 1 N–H and O–H groups in total. The van der Waals surface area contributed by atoms with Crippen molar-refractivity contribution in [3.63, 3.8) is 0 Å². The average Bonchev–Trinajstić information content (AvgIpc) is 3.19. The second kappa shape index (κ2) is 6.39. The molecule has 1 saturated carbocycles. The van der Waals surface area contributed by atoms with E-state index in [0.717, 1.165) is 18.4 Å². The summed E-state index contributed by atoms with van der Waals surface area (Å²) in [6.07, 6.45) is 5.80. The van der Waals surface area contributed by atoms with Crippen LogP contribution in [0.2, 0.25) is 0 Å². The van der Waals surface area contributed by atoms with E-state index < -0.39 is 0 Å². The number of aromatic nitrogens is 2. The lowest BCUT2D eigenvalue weighted by atomic mass is 10.2. The number of ether oxygens (including phenoxy) is 1. The van der Waals surface area contributed by atoms with Crippen molar-refractivity contribution in [1.82, 2.24) is 15.5 Å². The number of benzene rings is 1. The summed E-state index contributed by atoms with van der Waals surface area (Å²) in [5.74, 6) is 0.952. The molecule has 0 bridgehead atoms. The van der Waals surface area contributed by atoms with E-state index in [1.807, 2.05) is 12.1 Å². The Morgan fingerprint density at radius 1 is 1.38 bits per heavy atom. The van der Waals surface area contributed by atoms with Gasteiger partial charge in [-0.2, -0.15) is 0 Å². The maximum Gasteiger partial charge on any atom is 0.258 e. The number of rotatable bonds is 5. The van der Waals surface area contributed by atoms with Gasteiger partial charge < -0.3 is 14.5 Å². The van der Waals surface area contributed by atoms with Gasteiger partial charge in [-0.15, -0.1) is 10.2 Å². The Morgan fingerprint density at radius 2 is 2.24 bits per heavy atom. The number of nitrogens with zero attached hydrogens (tertiary/aromatic N) is 2. The Hall–Kier alpha value is -2.37. The van der Waals surface area contributed by atoms with Crippen molar-refractivity contribution in [2.45, 2.75) is 31.7 Å². The maximum absolute atomic E-state index is 11.8. The topological polar surface area (TPSA) is 77.2 Å². The molecule has 1 aromatic carbocycles. The predicted octanol–water partition coefficient (Wildman–Crippen LogP) is 2.17. The van der Waals surface area contributed by atoms with Gasteiger partial charge >= 0.3 is 0 Å². The summed E-state index contributed by atoms with van der Waals surface area (Å²) < 4.78 is 10.6. The van der Waals surface area contributed by atoms with Gasteiger partial charge in [-0.25, -0.2) is 0 Å². The highest BCUT2D eigenvalue weighted by Gasteiger charge is 2.17. The quantitative estimate of drug-likeness (QED) is 0.912. The third-order valence-corrected chi connectivity index (χ3v) is 3.53. The zero-order chi connectivity index (χ0) is 14.5. The molecular weight excluding hydrogens is 270 g/mol. The van der Waals surface area contributed by atoms with E-state index in [2.05, 4.69) is 15.5 Å². The molecular formula is C15H17N3O3. The smallest absolute Gasteiger partial charge is 0.258 e. The van der Waals surface area contributed by atoms with E-state index in [0.29, 0.717) is 17.7 Å². The average molecular weight is 287 g/mol. The third-order valence-electron chi connectivity index (χ3n) is 3.53. The SMILES string of the molecule is O=C(COc1cccc(-c2nnco2)c1)NC1CCCC1. The Kier molecular flexibility index (Phi) is 4.14. The molecule has 0 radical (unpaired) electrons. The molecule has 0 atom stereocenters. The van der Waals surface area contributed by atoms with Gasteiger partial charge in [0.15, 0.2) is 6.61 Å². The third kappa shape index (κ3) is 3.59. The van der Waals surface area contributed by atoms with Crippen LogP contribution in [0.15, 0.2) is 35.1 Å². The summed E-state index contributed by atoms with van der Waals surface area (Å²) in [5.41, 5.74) is 0.765. The van der Waals surface area contributed by atoms with Crippen molar-refractivity contribution < 1.29 is 13.9 Å². The van der Waals surface area contributed by atoms with E-state index in [1.165, 1.54) is 19.2 Å². The number of hydrogen-bond donors (Lipinski definition) is 1. The molecule has 2 aromatic rings. The van der Waals surface area contributed by atoms with E-state index >= 15 is 0 Å². The summed E-state index contributed by atoms with van der Waals surface area (Å²) in [6.45, 7) is 0.0176. The first-order valence-corrected chi connectivity index (χ1v) is 7.10. The summed E-state index contributed by atoms with van der Waals surface area (Å²) in [5, 5.41) is 10.5. The van der Waals surface area contributed by atoms with Crippen LogP contribution in [0.5, 0.6) is 5.75 Å². The number of hydrogen-bond acceptors (Lipinski definition) is 5. The zero-order valence-corrected chi connectivity index (χ0v) is 11.6. The fourth-order valence-electron chi connectivity index (χ4n) is 2.51. The van der Waals surface area contributed by atoms with Crippen molar-refractivity contribution in [2.24, 2.45) is 0 Å². The summed E-state index contributed by atoms with van der Waals surface area (Å²) >= 11 is 0. The summed E-state index contributed by atoms with van der Waals surface area (Å²) in [7, 11) is 0. The van der Waals surface area contributed by atoms with Gasteiger partial charge in [0, 0.05) is 11.6 Å². The molecule has 1 aliphatic rings. The Labute approximate surface area is 122 Å². The molecule has 0 saturated heterocycles. The fraction of sp³-hybridized carbons (Fsp3) is 0.400. The van der Waals surface area contributed by atoms with Crippen LogP contribution in [0.4, 0.5) is 0 Å². The molecule has 0 aliphatic heterocycles. The van der Waals surface area contributed by atoms with Crippen molar-refractivity contribution >= 4 is 5.91 Å². The number of carbonyl (C=O) groups is 1. The molecule has 0 unspecified atom stereocenters. The summed E-state index contributed by atoms with van der Waals surface area (Å²) in [6, 6.07) is 7.55. The van der Waals surface area contributed by atoms with Crippen LogP contribution < -0.4 is 10.1 Å². The minimum absolute atomic E-state index is 0.0176. The first kappa shape index (κ1) is 13.6. The van der Waals surface area contributed by atoms with Crippen LogP contribution in [-0.2, 0) is 4.79 Å². The monoisotopic (exact) mass is 287 g/mol. The summed E-state index contributed by atoms with van der Waals surface area (Å²) in [4.78, 5) is 11.8. The zero-order valence-electron chi connectivity index (χ0n) is 11.6.